The van der Waals surface area contributed by atoms with Crippen molar-refractivity contribution in [2.45, 2.75) is 213 Å². The number of ether oxygens (including phenoxy) is 1. The molecule has 0 bridgehead atoms. The minimum absolute atomic E-state index is 0.997. The fourth-order valence-electron chi connectivity index (χ4n) is 5.43. The van der Waals surface area contributed by atoms with Gasteiger partial charge in [0, 0.05) is 13.2 Å². The van der Waals surface area contributed by atoms with Gasteiger partial charge in [-0.1, -0.05) is 200 Å². The Morgan fingerprint density at radius 3 is 0.583 bits per heavy atom. The molecule has 0 saturated carbocycles. The lowest BCUT2D eigenvalue weighted by Crippen LogP contribution is -1.97. The van der Waals surface area contributed by atoms with Crippen molar-refractivity contribution in [2.24, 2.45) is 0 Å². The van der Waals surface area contributed by atoms with E-state index in [1.165, 1.54) is 199 Å². The Balaban J connectivity index is 3.00. The van der Waals surface area contributed by atoms with Gasteiger partial charge in [0.25, 0.3) is 0 Å². The molecule has 1 nitrogen and oxygen atoms in total. The lowest BCUT2D eigenvalue weighted by Gasteiger charge is -2.05. The van der Waals surface area contributed by atoms with E-state index in [-0.39, 0.29) is 0 Å². The van der Waals surface area contributed by atoms with Crippen LogP contribution in [0.25, 0.3) is 0 Å². The average Bonchev–Trinajstić information content (AvgIpc) is 2.89. The second-order valence-electron chi connectivity index (χ2n) is 11.9. The Kier molecular flexibility index (Phi) is 34.9. The zero-order chi connectivity index (χ0) is 26.0. The van der Waals surface area contributed by atoms with Gasteiger partial charge >= 0.3 is 0 Å². The van der Waals surface area contributed by atoms with Crippen molar-refractivity contribution in [3.05, 3.63) is 0 Å². The first-order chi connectivity index (χ1) is 17.9. The van der Waals surface area contributed by atoms with Crippen molar-refractivity contribution in [1.29, 1.82) is 0 Å². The molecule has 0 aromatic heterocycles. The molecule has 0 atom stereocenters. The molecule has 0 saturated heterocycles. The van der Waals surface area contributed by atoms with Crippen LogP contribution in [0.15, 0.2) is 0 Å². The van der Waals surface area contributed by atoms with Crippen LogP contribution in [0.3, 0.4) is 0 Å². The molecule has 0 aliphatic carbocycles. The van der Waals surface area contributed by atoms with Crippen molar-refractivity contribution in [3.8, 4) is 0 Å². The minimum atomic E-state index is 0.997. The summed E-state index contributed by atoms with van der Waals surface area (Å²) in [6.07, 6.45) is 44.5. The van der Waals surface area contributed by atoms with Crippen LogP contribution >= 0.6 is 0 Å². The van der Waals surface area contributed by atoms with Crippen molar-refractivity contribution in [3.63, 3.8) is 0 Å². The van der Waals surface area contributed by atoms with E-state index in [9.17, 15) is 0 Å². The highest BCUT2D eigenvalue weighted by atomic mass is 16.5. The van der Waals surface area contributed by atoms with Gasteiger partial charge in [0.05, 0.1) is 0 Å². The van der Waals surface area contributed by atoms with E-state index in [0.29, 0.717) is 0 Å². The maximum absolute atomic E-state index is 5.86. The van der Waals surface area contributed by atoms with Gasteiger partial charge in [-0.25, -0.2) is 0 Å². The van der Waals surface area contributed by atoms with E-state index < -0.39 is 0 Å². The quantitative estimate of drug-likeness (QED) is 0.0801. The maximum atomic E-state index is 5.86. The minimum Gasteiger partial charge on any atom is -0.381 e. The average molecular weight is 509 g/mol. The van der Waals surface area contributed by atoms with Crippen LogP contribution in [-0.4, -0.2) is 13.2 Å². The van der Waals surface area contributed by atoms with Gasteiger partial charge in [-0.3, -0.25) is 0 Å². The van der Waals surface area contributed by atoms with Crippen molar-refractivity contribution < 1.29 is 4.74 Å². The highest BCUT2D eigenvalue weighted by molar-refractivity contribution is 4.51. The zero-order valence-electron chi connectivity index (χ0n) is 25.7. The summed E-state index contributed by atoms with van der Waals surface area (Å²) in [5, 5.41) is 0. The SMILES string of the molecule is CCCCCCCCCCCCCCCCCCCCOCCCCCCCCCCCCCCC. The van der Waals surface area contributed by atoms with Gasteiger partial charge in [0.2, 0.25) is 0 Å². The highest BCUT2D eigenvalue weighted by Gasteiger charge is 1.97. The van der Waals surface area contributed by atoms with Crippen LogP contribution in [0.4, 0.5) is 0 Å². The number of unbranched alkanes of at least 4 members (excludes halogenated alkanes) is 29. The Hall–Kier alpha value is -0.0400. The first kappa shape index (κ1) is 36.0. The predicted molar refractivity (Wildman–Crippen MR) is 165 cm³/mol. The van der Waals surface area contributed by atoms with E-state index in [1.807, 2.05) is 0 Å². The van der Waals surface area contributed by atoms with E-state index >= 15 is 0 Å². The molecule has 0 N–H and O–H groups in total. The molecule has 0 spiro atoms. The summed E-state index contributed by atoms with van der Waals surface area (Å²) in [4.78, 5) is 0. The van der Waals surface area contributed by atoms with Crippen LogP contribution in [0.5, 0.6) is 0 Å². The molecule has 0 rings (SSSR count). The van der Waals surface area contributed by atoms with Gasteiger partial charge in [0.1, 0.15) is 0 Å². The number of hydrogen-bond acceptors (Lipinski definition) is 1. The molecular formula is C35H72O. The summed E-state index contributed by atoms with van der Waals surface area (Å²) in [7, 11) is 0. The third kappa shape index (κ3) is 34.0. The Bertz CT molecular complexity index is 319. The molecule has 1 heteroatoms. The maximum Gasteiger partial charge on any atom is 0.0466 e. The molecule has 0 radical (unpaired) electrons. The van der Waals surface area contributed by atoms with Crippen molar-refractivity contribution in [1.82, 2.24) is 0 Å². The molecular weight excluding hydrogens is 436 g/mol. The number of hydrogen-bond donors (Lipinski definition) is 0. The smallest absolute Gasteiger partial charge is 0.0466 e. The van der Waals surface area contributed by atoms with Gasteiger partial charge in [0.15, 0.2) is 0 Å². The first-order valence-electron chi connectivity index (χ1n) is 17.5. The molecule has 0 heterocycles. The summed E-state index contributed by atoms with van der Waals surface area (Å²) < 4.78 is 5.86. The van der Waals surface area contributed by atoms with Gasteiger partial charge in [-0.2, -0.15) is 0 Å². The van der Waals surface area contributed by atoms with E-state index in [2.05, 4.69) is 13.8 Å². The molecule has 0 aromatic carbocycles. The number of rotatable bonds is 33. The molecule has 0 aliphatic heterocycles. The van der Waals surface area contributed by atoms with E-state index in [0.717, 1.165) is 13.2 Å². The summed E-state index contributed by atoms with van der Waals surface area (Å²) in [5.41, 5.74) is 0. The fourth-order valence-corrected chi connectivity index (χ4v) is 5.43. The van der Waals surface area contributed by atoms with E-state index in [1.54, 1.807) is 0 Å². The monoisotopic (exact) mass is 509 g/mol. The Labute approximate surface area is 230 Å². The topological polar surface area (TPSA) is 9.23 Å². The van der Waals surface area contributed by atoms with Gasteiger partial charge in [-0.15, -0.1) is 0 Å². The second kappa shape index (κ2) is 35.0. The molecule has 0 fully saturated rings. The van der Waals surface area contributed by atoms with Crippen LogP contribution in [0, 0.1) is 0 Å². The summed E-state index contributed by atoms with van der Waals surface area (Å²) in [6.45, 7) is 6.60. The summed E-state index contributed by atoms with van der Waals surface area (Å²) in [5.74, 6) is 0. The fraction of sp³-hybridized carbons (Fsp3) is 1.00. The standard InChI is InChI=1S/C35H72O/c1-3-5-7-9-11-13-15-17-18-19-20-21-23-25-27-29-31-33-35-36-34-32-30-28-26-24-22-16-14-12-10-8-6-4-2/h3-35H2,1-2H3. The molecule has 0 amide bonds. The van der Waals surface area contributed by atoms with Crippen LogP contribution in [0.2, 0.25) is 0 Å². The predicted octanol–water partition coefficient (Wildman–Crippen LogP) is 13.1. The third-order valence-electron chi connectivity index (χ3n) is 8.03. The largest absolute Gasteiger partial charge is 0.381 e. The molecule has 36 heavy (non-hydrogen) atoms. The Morgan fingerprint density at radius 1 is 0.222 bits per heavy atom. The summed E-state index contributed by atoms with van der Waals surface area (Å²) >= 11 is 0. The Morgan fingerprint density at radius 2 is 0.389 bits per heavy atom. The highest BCUT2D eigenvalue weighted by Crippen LogP contribution is 2.15. The molecule has 0 aliphatic rings. The van der Waals surface area contributed by atoms with Gasteiger partial charge in [-0.05, 0) is 12.8 Å². The van der Waals surface area contributed by atoms with Crippen molar-refractivity contribution in [2.75, 3.05) is 13.2 Å². The molecule has 218 valence electrons. The summed E-state index contributed by atoms with van der Waals surface area (Å²) in [6, 6.07) is 0. The van der Waals surface area contributed by atoms with Crippen LogP contribution in [0.1, 0.15) is 213 Å². The van der Waals surface area contributed by atoms with Gasteiger partial charge < -0.3 is 4.74 Å². The lowest BCUT2D eigenvalue weighted by atomic mass is 10.0. The third-order valence-corrected chi connectivity index (χ3v) is 8.03. The van der Waals surface area contributed by atoms with Crippen LogP contribution < -0.4 is 0 Å². The van der Waals surface area contributed by atoms with Crippen LogP contribution in [-0.2, 0) is 4.74 Å². The second-order valence-corrected chi connectivity index (χ2v) is 11.9. The molecule has 0 aromatic rings. The first-order valence-corrected chi connectivity index (χ1v) is 17.5. The van der Waals surface area contributed by atoms with E-state index in [4.69, 9.17) is 4.74 Å². The normalized spacial score (nSPS) is 11.5. The molecule has 0 unspecified atom stereocenters. The van der Waals surface area contributed by atoms with Crippen molar-refractivity contribution >= 4 is 0 Å². The lowest BCUT2D eigenvalue weighted by molar-refractivity contribution is 0.125. The zero-order valence-corrected chi connectivity index (χ0v) is 25.7.